The Morgan fingerprint density at radius 2 is 2.06 bits per heavy atom. The molecular weight excluding hydrogens is 232 g/mol. The van der Waals surface area contributed by atoms with Gasteiger partial charge in [-0.25, -0.2) is 0 Å². The number of hydrogen-bond donors (Lipinski definition) is 1. The molecule has 3 aromatic rings. The van der Waals surface area contributed by atoms with E-state index < -0.39 is 0 Å². The summed E-state index contributed by atoms with van der Waals surface area (Å²) in [6.45, 7) is 1.84. The maximum absolute atomic E-state index is 9.40. The summed E-state index contributed by atoms with van der Waals surface area (Å²) >= 11 is 0. The van der Waals surface area contributed by atoms with Gasteiger partial charge in [0.1, 0.15) is 11.5 Å². The van der Waals surface area contributed by atoms with Crippen molar-refractivity contribution in [1.29, 1.82) is 0 Å². The third-order valence-electron chi connectivity index (χ3n) is 2.48. The van der Waals surface area contributed by atoms with Gasteiger partial charge in [0.2, 0.25) is 5.82 Å². The molecule has 0 bridgehead atoms. The monoisotopic (exact) mass is 242 g/mol. The average molecular weight is 242 g/mol. The lowest BCUT2D eigenvalue weighted by atomic mass is 10.2. The molecule has 0 aliphatic heterocycles. The lowest BCUT2D eigenvalue weighted by molar-refractivity contribution is 0.414. The van der Waals surface area contributed by atoms with Crippen molar-refractivity contribution in [3.05, 3.63) is 42.2 Å². The Kier molecular flexibility index (Phi) is 2.37. The van der Waals surface area contributed by atoms with Gasteiger partial charge in [0.15, 0.2) is 5.76 Å². The number of hydrogen-bond acceptors (Lipinski definition) is 5. The van der Waals surface area contributed by atoms with Crippen LogP contribution in [0, 0.1) is 6.92 Å². The zero-order valence-corrected chi connectivity index (χ0v) is 9.62. The zero-order chi connectivity index (χ0) is 12.5. The number of aryl methyl sites for hydroxylation is 1. The minimum Gasteiger partial charge on any atom is -0.508 e. The molecule has 0 aliphatic carbocycles. The molecule has 2 aromatic heterocycles. The fourth-order valence-electron chi connectivity index (χ4n) is 1.64. The van der Waals surface area contributed by atoms with Gasteiger partial charge in [-0.15, -0.1) is 0 Å². The molecule has 0 fully saturated rings. The van der Waals surface area contributed by atoms with E-state index in [1.807, 2.05) is 13.0 Å². The normalized spacial score (nSPS) is 10.7. The van der Waals surface area contributed by atoms with Crippen molar-refractivity contribution >= 4 is 0 Å². The fourth-order valence-corrected chi connectivity index (χ4v) is 1.64. The Bertz CT molecular complexity index is 685. The van der Waals surface area contributed by atoms with E-state index in [1.165, 1.54) is 0 Å². The van der Waals surface area contributed by atoms with Gasteiger partial charge >= 0.3 is 0 Å². The highest BCUT2D eigenvalue weighted by Gasteiger charge is 2.13. The van der Waals surface area contributed by atoms with Crippen LogP contribution in [0.15, 0.2) is 45.3 Å². The summed E-state index contributed by atoms with van der Waals surface area (Å²) in [7, 11) is 0. The molecule has 0 radical (unpaired) electrons. The van der Waals surface area contributed by atoms with Gasteiger partial charge in [-0.1, -0.05) is 17.3 Å². The van der Waals surface area contributed by atoms with E-state index in [0.29, 0.717) is 23.0 Å². The van der Waals surface area contributed by atoms with Crippen LogP contribution in [0.25, 0.3) is 23.0 Å². The highest BCUT2D eigenvalue weighted by atomic mass is 16.5. The molecule has 18 heavy (non-hydrogen) atoms. The summed E-state index contributed by atoms with van der Waals surface area (Å²) in [5.41, 5.74) is 0.688. The number of nitrogens with zero attached hydrogens (tertiary/aromatic N) is 2. The van der Waals surface area contributed by atoms with Gasteiger partial charge in [-0.2, -0.15) is 4.98 Å². The number of aromatic nitrogens is 2. The maximum Gasteiger partial charge on any atom is 0.293 e. The highest BCUT2D eigenvalue weighted by Crippen LogP contribution is 2.25. The SMILES string of the molecule is Cc1ccc(-c2nc(-c3cccc(O)c3)no2)o1. The fraction of sp³-hybridized carbons (Fsp3) is 0.0769. The second-order valence-electron chi connectivity index (χ2n) is 3.88. The zero-order valence-electron chi connectivity index (χ0n) is 9.62. The van der Waals surface area contributed by atoms with Crippen molar-refractivity contribution in [2.24, 2.45) is 0 Å². The van der Waals surface area contributed by atoms with Crippen molar-refractivity contribution in [1.82, 2.24) is 10.1 Å². The van der Waals surface area contributed by atoms with E-state index in [-0.39, 0.29) is 5.75 Å². The molecule has 1 aromatic carbocycles. The molecule has 1 N–H and O–H groups in total. The van der Waals surface area contributed by atoms with Gasteiger partial charge in [0, 0.05) is 5.56 Å². The number of phenolic OH excluding ortho intramolecular Hbond substituents is 1. The van der Waals surface area contributed by atoms with Crippen molar-refractivity contribution in [3.8, 4) is 28.8 Å². The Hall–Kier alpha value is -2.56. The van der Waals surface area contributed by atoms with Gasteiger partial charge in [-0.05, 0) is 31.2 Å². The molecule has 5 nitrogen and oxygen atoms in total. The molecule has 0 aliphatic rings. The van der Waals surface area contributed by atoms with E-state index in [2.05, 4.69) is 10.1 Å². The van der Waals surface area contributed by atoms with Crippen molar-refractivity contribution in [3.63, 3.8) is 0 Å². The van der Waals surface area contributed by atoms with Crippen LogP contribution in [0.3, 0.4) is 0 Å². The smallest absolute Gasteiger partial charge is 0.293 e. The Morgan fingerprint density at radius 3 is 2.78 bits per heavy atom. The molecule has 0 amide bonds. The minimum absolute atomic E-state index is 0.160. The summed E-state index contributed by atoms with van der Waals surface area (Å²) in [5.74, 6) is 2.21. The minimum atomic E-state index is 0.160. The number of aromatic hydroxyl groups is 1. The summed E-state index contributed by atoms with van der Waals surface area (Å²) in [6, 6.07) is 10.3. The molecule has 0 spiro atoms. The third kappa shape index (κ3) is 1.86. The first kappa shape index (κ1) is 10.6. The van der Waals surface area contributed by atoms with Crippen molar-refractivity contribution in [2.75, 3.05) is 0 Å². The predicted molar refractivity (Wildman–Crippen MR) is 63.8 cm³/mol. The van der Waals surface area contributed by atoms with Crippen LogP contribution in [0.2, 0.25) is 0 Å². The van der Waals surface area contributed by atoms with Crippen LogP contribution < -0.4 is 0 Å². The summed E-state index contributed by atoms with van der Waals surface area (Å²) in [6.07, 6.45) is 0. The molecule has 3 rings (SSSR count). The average Bonchev–Trinajstić information content (AvgIpc) is 2.97. The summed E-state index contributed by atoms with van der Waals surface area (Å²) in [5, 5.41) is 13.3. The molecule has 5 heteroatoms. The second-order valence-corrected chi connectivity index (χ2v) is 3.88. The first-order chi connectivity index (χ1) is 8.72. The second kappa shape index (κ2) is 4.03. The molecular formula is C13H10N2O3. The van der Waals surface area contributed by atoms with Crippen LogP contribution in [-0.4, -0.2) is 15.2 Å². The predicted octanol–water partition coefficient (Wildman–Crippen LogP) is 3.01. The van der Waals surface area contributed by atoms with E-state index in [9.17, 15) is 5.11 Å². The molecule has 0 saturated carbocycles. The van der Waals surface area contributed by atoms with Crippen LogP contribution in [0.1, 0.15) is 5.76 Å². The van der Waals surface area contributed by atoms with Crippen LogP contribution in [0.4, 0.5) is 0 Å². The lowest BCUT2D eigenvalue weighted by Gasteiger charge is -1.94. The van der Waals surface area contributed by atoms with Gasteiger partial charge in [0.25, 0.3) is 5.89 Å². The van der Waals surface area contributed by atoms with Crippen molar-refractivity contribution < 1.29 is 14.0 Å². The van der Waals surface area contributed by atoms with Gasteiger partial charge < -0.3 is 14.0 Å². The van der Waals surface area contributed by atoms with Crippen LogP contribution >= 0.6 is 0 Å². The van der Waals surface area contributed by atoms with Crippen LogP contribution in [-0.2, 0) is 0 Å². The standard InChI is InChI=1S/C13H10N2O3/c1-8-5-6-11(17-8)13-14-12(15-18-13)9-3-2-4-10(16)7-9/h2-7,16H,1H3. The maximum atomic E-state index is 9.40. The Morgan fingerprint density at radius 1 is 1.17 bits per heavy atom. The molecule has 90 valence electrons. The number of phenols is 1. The number of benzene rings is 1. The lowest BCUT2D eigenvalue weighted by Crippen LogP contribution is -1.80. The molecule has 0 atom stereocenters. The Balaban J connectivity index is 1.99. The topological polar surface area (TPSA) is 72.3 Å². The van der Waals surface area contributed by atoms with E-state index in [1.54, 1.807) is 30.3 Å². The Labute approximate surface area is 103 Å². The van der Waals surface area contributed by atoms with Crippen LogP contribution in [0.5, 0.6) is 5.75 Å². The van der Waals surface area contributed by atoms with Gasteiger partial charge in [0.05, 0.1) is 0 Å². The summed E-state index contributed by atoms with van der Waals surface area (Å²) in [4.78, 5) is 4.22. The number of rotatable bonds is 2. The van der Waals surface area contributed by atoms with E-state index in [4.69, 9.17) is 8.94 Å². The van der Waals surface area contributed by atoms with Gasteiger partial charge in [-0.3, -0.25) is 0 Å². The molecule has 2 heterocycles. The van der Waals surface area contributed by atoms with E-state index >= 15 is 0 Å². The first-order valence-corrected chi connectivity index (χ1v) is 5.42. The molecule has 0 saturated heterocycles. The van der Waals surface area contributed by atoms with E-state index in [0.717, 1.165) is 5.76 Å². The highest BCUT2D eigenvalue weighted by molar-refractivity contribution is 5.59. The quantitative estimate of drug-likeness (QED) is 0.747. The number of furan rings is 1. The summed E-state index contributed by atoms with van der Waals surface area (Å²) < 4.78 is 10.5. The third-order valence-corrected chi connectivity index (χ3v) is 2.48. The molecule has 0 unspecified atom stereocenters. The van der Waals surface area contributed by atoms with Crippen molar-refractivity contribution in [2.45, 2.75) is 6.92 Å². The first-order valence-electron chi connectivity index (χ1n) is 5.42. The largest absolute Gasteiger partial charge is 0.508 e.